The van der Waals surface area contributed by atoms with Crippen molar-refractivity contribution in [3.05, 3.63) is 83.3 Å². The standard InChI is InChI=1S/C25H23N7O4.C2H5B/c1-5-6-19(15(4)14(2)3)27-21-22(29-24-23(28-21)31-36-32-24)30-26-13-18-11-12-20(35-18)16-7-9-17(10-8-16)25(33)34;1-2-3/h5-13H,1H2,2-4H3,(H,33,34)(H,27,28,31)(H,29,30,32);2H2,1H3/b19-6+,26-13+;. The van der Waals surface area contributed by atoms with Gasteiger partial charge in [-0.3, -0.25) is 5.43 Å². The zero-order valence-corrected chi connectivity index (χ0v) is 22.1. The summed E-state index contributed by atoms with van der Waals surface area (Å²) in [5.41, 5.74) is 7.18. The molecule has 0 saturated carbocycles. The van der Waals surface area contributed by atoms with Gasteiger partial charge in [0.25, 0.3) is 0 Å². The molecule has 0 fully saturated rings. The molecule has 0 aliphatic rings. The van der Waals surface area contributed by atoms with E-state index in [1.807, 2.05) is 33.8 Å². The second kappa shape index (κ2) is 13.5. The van der Waals surface area contributed by atoms with Crippen molar-refractivity contribution in [3.8, 4) is 11.3 Å². The van der Waals surface area contributed by atoms with E-state index in [0.717, 1.165) is 28.7 Å². The van der Waals surface area contributed by atoms with Crippen LogP contribution in [0.5, 0.6) is 0 Å². The minimum atomic E-state index is -0.987. The van der Waals surface area contributed by atoms with Crippen LogP contribution in [-0.2, 0) is 0 Å². The van der Waals surface area contributed by atoms with Crippen molar-refractivity contribution in [3.63, 3.8) is 0 Å². The number of furan rings is 1. The number of carboxylic acid groups (broad SMARTS) is 1. The summed E-state index contributed by atoms with van der Waals surface area (Å²) in [7, 11) is 4.85. The zero-order valence-electron chi connectivity index (χ0n) is 22.1. The van der Waals surface area contributed by atoms with Crippen molar-refractivity contribution in [2.75, 3.05) is 10.7 Å². The van der Waals surface area contributed by atoms with Crippen LogP contribution in [0.25, 0.3) is 22.6 Å². The summed E-state index contributed by atoms with van der Waals surface area (Å²) in [4.78, 5) is 19.9. The van der Waals surface area contributed by atoms with Gasteiger partial charge in [-0.2, -0.15) is 10.1 Å². The van der Waals surface area contributed by atoms with Gasteiger partial charge in [-0.15, -0.1) is 0 Å². The average molecular weight is 525 g/mol. The van der Waals surface area contributed by atoms with Gasteiger partial charge >= 0.3 is 5.97 Å². The van der Waals surface area contributed by atoms with Gasteiger partial charge in [0.15, 0.2) is 11.6 Å². The third kappa shape index (κ3) is 7.51. The highest BCUT2D eigenvalue weighted by Crippen LogP contribution is 2.25. The van der Waals surface area contributed by atoms with Crippen molar-refractivity contribution in [2.24, 2.45) is 5.10 Å². The lowest BCUT2D eigenvalue weighted by molar-refractivity contribution is 0.0697. The highest BCUT2D eigenvalue weighted by molar-refractivity contribution is 6.08. The van der Waals surface area contributed by atoms with E-state index >= 15 is 0 Å². The smallest absolute Gasteiger partial charge is 0.335 e. The third-order valence-corrected chi connectivity index (χ3v) is 5.21. The summed E-state index contributed by atoms with van der Waals surface area (Å²) in [5.74, 6) is 0.713. The van der Waals surface area contributed by atoms with Crippen molar-refractivity contribution in [2.45, 2.75) is 34.0 Å². The monoisotopic (exact) mass is 525 g/mol. The highest BCUT2D eigenvalue weighted by Gasteiger charge is 2.14. The van der Waals surface area contributed by atoms with Crippen LogP contribution < -0.4 is 10.7 Å². The molecule has 198 valence electrons. The minimum Gasteiger partial charge on any atom is -0.478 e. The van der Waals surface area contributed by atoms with Crippen molar-refractivity contribution >= 4 is 43.0 Å². The molecule has 0 spiro atoms. The summed E-state index contributed by atoms with van der Waals surface area (Å²) in [5, 5.41) is 24.0. The van der Waals surface area contributed by atoms with Crippen molar-refractivity contribution < 1.29 is 18.9 Å². The van der Waals surface area contributed by atoms with E-state index in [9.17, 15) is 4.79 Å². The number of anilines is 2. The number of allylic oxidation sites excluding steroid dienone is 4. The van der Waals surface area contributed by atoms with Crippen LogP contribution in [0.3, 0.4) is 0 Å². The maximum atomic E-state index is 11.0. The second-order valence-electron chi connectivity index (χ2n) is 8.26. The molecule has 4 aromatic rings. The fraction of sp³-hybridized carbons (Fsp3) is 0.185. The largest absolute Gasteiger partial charge is 0.478 e. The van der Waals surface area contributed by atoms with Gasteiger partial charge in [0.05, 0.1) is 19.6 Å². The Hall–Kier alpha value is -5.00. The lowest BCUT2D eigenvalue weighted by Gasteiger charge is -2.14. The SMILES string of the molecule is C=C/C=C(/Nc1nc2nonc2nc1N/N=C/c1ccc(-c2ccc(C(=O)O)cc2)o1)C(C)=C(C)C.[B]CC. The molecule has 3 aromatic heterocycles. The first-order chi connectivity index (χ1) is 18.8. The molecule has 0 bridgehead atoms. The predicted molar refractivity (Wildman–Crippen MR) is 152 cm³/mol. The second-order valence-corrected chi connectivity index (χ2v) is 8.26. The first kappa shape index (κ1) is 28.6. The Morgan fingerprint density at radius 3 is 2.31 bits per heavy atom. The summed E-state index contributed by atoms with van der Waals surface area (Å²) >= 11 is 0. The first-order valence-electron chi connectivity index (χ1n) is 11.9. The highest BCUT2D eigenvalue weighted by atomic mass is 16.6. The quantitative estimate of drug-likeness (QED) is 0.105. The molecular formula is C27H28BN7O4. The van der Waals surface area contributed by atoms with E-state index in [-0.39, 0.29) is 16.9 Å². The topological polar surface area (TPSA) is 152 Å². The molecule has 0 unspecified atom stereocenters. The molecule has 0 saturated heterocycles. The molecule has 2 radical (unpaired) electrons. The number of nitrogens with zero attached hydrogens (tertiary/aromatic N) is 5. The number of hydrogen-bond donors (Lipinski definition) is 3. The Kier molecular flexibility index (Phi) is 9.91. The Balaban J connectivity index is 0.00000134. The number of carboxylic acids is 1. The molecule has 3 heterocycles. The van der Waals surface area contributed by atoms with Gasteiger partial charge in [-0.1, -0.05) is 43.6 Å². The molecule has 11 nitrogen and oxygen atoms in total. The van der Waals surface area contributed by atoms with Crippen LogP contribution in [0.4, 0.5) is 11.6 Å². The van der Waals surface area contributed by atoms with E-state index in [4.69, 9.17) is 22.0 Å². The number of aromatic carboxylic acids is 1. The van der Waals surface area contributed by atoms with Crippen LogP contribution in [0, 0.1) is 0 Å². The van der Waals surface area contributed by atoms with E-state index in [2.05, 4.69) is 42.7 Å². The molecule has 0 atom stereocenters. The number of carbonyl (C=O) groups is 1. The molecule has 0 aliphatic carbocycles. The van der Waals surface area contributed by atoms with E-state index < -0.39 is 5.97 Å². The van der Waals surface area contributed by atoms with Gasteiger partial charge in [0.1, 0.15) is 11.5 Å². The fourth-order valence-electron chi connectivity index (χ4n) is 3.09. The predicted octanol–water partition coefficient (Wildman–Crippen LogP) is 5.85. The molecule has 39 heavy (non-hydrogen) atoms. The zero-order chi connectivity index (χ0) is 28.4. The van der Waals surface area contributed by atoms with E-state index in [0.29, 0.717) is 23.2 Å². The Bertz CT molecular complexity index is 1530. The molecule has 12 heteroatoms. The number of hydrazone groups is 1. The van der Waals surface area contributed by atoms with Crippen LogP contribution >= 0.6 is 0 Å². The third-order valence-electron chi connectivity index (χ3n) is 5.21. The van der Waals surface area contributed by atoms with Crippen LogP contribution in [0.2, 0.25) is 6.32 Å². The normalized spacial score (nSPS) is 11.1. The van der Waals surface area contributed by atoms with Crippen molar-refractivity contribution in [1.29, 1.82) is 0 Å². The minimum absolute atomic E-state index is 0.201. The molecule has 0 amide bonds. The molecule has 4 rings (SSSR count). The molecule has 1 aromatic carbocycles. The molecular weight excluding hydrogens is 497 g/mol. The number of hydrogen-bond acceptors (Lipinski definition) is 10. The lowest BCUT2D eigenvalue weighted by atomic mass is 10.1. The summed E-state index contributed by atoms with van der Waals surface area (Å²) < 4.78 is 10.5. The van der Waals surface area contributed by atoms with Gasteiger partial charge in [0.2, 0.25) is 11.3 Å². The summed E-state index contributed by atoms with van der Waals surface area (Å²) in [6, 6.07) is 9.90. The Morgan fingerprint density at radius 2 is 1.72 bits per heavy atom. The van der Waals surface area contributed by atoms with Gasteiger partial charge < -0.3 is 14.8 Å². The van der Waals surface area contributed by atoms with Gasteiger partial charge in [-0.25, -0.2) is 14.4 Å². The maximum Gasteiger partial charge on any atom is 0.335 e. The maximum absolute atomic E-state index is 11.0. The first-order valence-corrected chi connectivity index (χ1v) is 11.9. The lowest BCUT2D eigenvalue weighted by Crippen LogP contribution is -2.08. The van der Waals surface area contributed by atoms with Crippen LogP contribution in [-0.4, -0.2) is 45.4 Å². The fourth-order valence-corrected chi connectivity index (χ4v) is 3.09. The summed E-state index contributed by atoms with van der Waals surface area (Å²) in [6.45, 7) is 11.7. The van der Waals surface area contributed by atoms with E-state index in [1.165, 1.54) is 18.3 Å². The number of fused-ring (bicyclic) bond motifs is 1. The number of benzene rings is 1. The van der Waals surface area contributed by atoms with Gasteiger partial charge in [-0.05, 0) is 67.0 Å². The van der Waals surface area contributed by atoms with Crippen LogP contribution in [0.15, 0.2) is 86.1 Å². The summed E-state index contributed by atoms with van der Waals surface area (Å²) in [6.07, 6.45) is 5.73. The molecule has 3 N–H and O–H groups in total. The van der Waals surface area contributed by atoms with E-state index in [1.54, 1.807) is 30.3 Å². The van der Waals surface area contributed by atoms with Gasteiger partial charge in [0, 0.05) is 11.3 Å². The number of aromatic nitrogens is 4. The Labute approximate surface area is 226 Å². The number of nitrogens with one attached hydrogen (secondary N) is 2. The van der Waals surface area contributed by atoms with Crippen molar-refractivity contribution in [1.82, 2.24) is 20.3 Å². The Morgan fingerprint density at radius 1 is 1.08 bits per heavy atom. The van der Waals surface area contributed by atoms with Crippen LogP contribution in [0.1, 0.15) is 43.8 Å². The molecule has 0 aliphatic heterocycles. The number of rotatable bonds is 9. The average Bonchev–Trinajstić information content (AvgIpc) is 3.58.